The molecule has 0 bridgehead atoms. The van der Waals surface area contributed by atoms with Crippen LogP contribution in [0.3, 0.4) is 0 Å². The zero-order chi connectivity index (χ0) is 15.8. The Morgan fingerprint density at radius 1 is 1.09 bits per heavy atom. The van der Waals surface area contributed by atoms with Crippen LogP contribution in [0.4, 0.5) is 5.00 Å². The summed E-state index contributed by atoms with van der Waals surface area (Å²) in [5, 5.41) is 1.36. The molecule has 8 heteroatoms. The fraction of sp³-hybridized carbons (Fsp3) is 0.214. The zero-order valence-corrected chi connectivity index (χ0v) is 16.1. The predicted molar refractivity (Wildman–Crippen MR) is 91.3 cm³/mol. The molecular formula is C14H11NO3S3Se. The van der Waals surface area contributed by atoms with Crippen molar-refractivity contribution >= 4 is 67.8 Å². The molecule has 0 atom stereocenters. The molecule has 0 spiro atoms. The molecule has 0 unspecified atom stereocenters. The minimum atomic E-state index is -3.72. The molecule has 1 aliphatic rings. The number of amides is 1. The maximum atomic E-state index is 12.9. The van der Waals surface area contributed by atoms with Crippen molar-refractivity contribution in [2.45, 2.75) is 24.5 Å². The van der Waals surface area contributed by atoms with Gasteiger partial charge in [-0.05, 0) is 0 Å². The first-order chi connectivity index (χ1) is 10.3. The molecule has 22 heavy (non-hydrogen) atoms. The molecule has 1 amide bonds. The molecular weight excluding hydrogens is 405 g/mol. The van der Waals surface area contributed by atoms with Crippen LogP contribution in [0.2, 0.25) is 0 Å². The summed E-state index contributed by atoms with van der Waals surface area (Å²) in [4.78, 5) is 16.0. The van der Waals surface area contributed by atoms with Gasteiger partial charge in [-0.3, -0.25) is 0 Å². The third kappa shape index (κ3) is 1.73. The second-order valence-electron chi connectivity index (χ2n) is 5.14. The topological polar surface area (TPSA) is 54.5 Å². The number of thiophene rings is 2. The second-order valence-corrected chi connectivity index (χ2v) is 12.3. The minimum absolute atomic E-state index is 0.310. The van der Waals surface area contributed by atoms with Crippen molar-refractivity contribution in [2.75, 3.05) is 4.31 Å². The van der Waals surface area contributed by atoms with Crippen molar-refractivity contribution in [1.29, 1.82) is 0 Å². The van der Waals surface area contributed by atoms with Crippen molar-refractivity contribution in [3.8, 4) is 0 Å². The molecule has 0 radical (unpaired) electrons. The Balaban J connectivity index is 2.04. The van der Waals surface area contributed by atoms with Crippen molar-refractivity contribution in [2.24, 2.45) is 0 Å². The number of anilines is 1. The van der Waals surface area contributed by atoms with Crippen LogP contribution in [-0.2, 0) is 10.0 Å². The summed E-state index contributed by atoms with van der Waals surface area (Å²) in [6.45, 7) is 5.86. The van der Waals surface area contributed by atoms with E-state index in [0.29, 0.717) is 14.3 Å². The van der Waals surface area contributed by atoms with Gasteiger partial charge in [0.25, 0.3) is 0 Å². The SMILES string of the molecule is Cc1ccc(N2C(=O)c3c([se]c4c(C)sc(C)c34)S2(=O)=O)s1. The van der Waals surface area contributed by atoms with Crippen molar-refractivity contribution in [1.82, 2.24) is 0 Å². The van der Waals surface area contributed by atoms with E-state index in [4.69, 9.17) is 0 Å². The molecule has 3 aromatic rings. The summed E-state index contributed by atoms with van der Waals surface area (Å²) in [6, 6.07) is 3.54. The van der Waals surface area contributed by atoms with E-state index in [9.17, 15) is 13.2 Å². The summed E-state index contributed by atoms with van der Waals surface area (Å²) in [5.41, 5.74) is 0.419. The van der Waals surface area contributed by atoms with Gasteiger partial charge in [0.2, 0.25) is 0 Å². The average molecular weight is 416 g/mol. The summed E-state index contributed by atoms with van der Waals surface area (Å²) >= 11 is 2.66. The molecule has 0 aliphatic carbocycles. The van der Waals surface area contributed by atoms with Gasteiger partial charge in [-0.15, -0.1) is 0 Å². The van der Waals surface area contributed by atoms with Crippen LogP contribution < -0.4 is 4.31 Å². The average Bonchev–Trinajstić information content (AvgIpc) is 3.10. The first-order valence-corrected chi connectivity index (χ1v) is 11.3. The van der Waals surface area contributed by atoms with Crippen molar-refractivity contribution < 1.29 is 13.2 Å². The molecule has 0 N–H and O–H groups in total. The van der Waals surface area contributed by atoms with E-state index in [0.717, 1.165) is 28.6 Å². The van der Waals surface area contributed by atoms with Crippen LogP contribution in [0.15, 0.2) is 15.9 Å². The summed E-state index contributed by atoms with van der Waals surface area (Å²) < 4.78 is 28.1. The number of sulfonamides is 1. The Morgan fingerprint density at radius 3 is 2.45 bits per heavy atom. The van der Waals surface area contributed by atoms with E-state index in [2.05, 4.69) is 0 Å². The molecule has 4 rings (SSSR count). The van der Waals surface area contributed by atoms with Gasteiger partial charge in [-0.2, -0.15) is 0 Å². The Hall–Kier alpha value is -0.921. The monoisotopic (exact) mass is 417 g/mol. The van der Waals surface area contributed by atoms with E-state index in [-0.39, 0.29) is 14.5 Å². The van der Waals surface area contributed by atoms with Crippen LogP contribution in [-0.4, -0.2) is 28.8 Å². The fourth-order valence-corrected chi connectivity index (χ4v) is 10.4. The normalized spacial score (nSPS) is 16.7. The first-order valence-electron chi connectivity index (χ1n) is 6.51. The van der Waals surface area contributed by atoms with E-state index in [1.807, 2.05) is 26.8 Å². The summed E-state index contributed by atoms with van der Waals surface area (Å²) in [5.74, 6) is -0.390. The summed E-state index contributed by atoms with van der Waals surface area (Å²) in [7, 11) is -3.72. The Morgan fingerprint density at radius 2 is 1.82 bits per heavy atom. The van der Waals surface area contributed by atoms with Crippen LogP contribution >= 0.6 is 22.7 Å². The van der Waals surface area contributed by atoms with E-state index in [1.165, 1.54) is 11.3 Å². The van der Waals surface area contributed by atoms with Gasteiger partial charge in [0.15, 0.2) is 0 Å². The molecule has 0 saturated heterocycles. The maximum absolute atomic E-state index is 12.9. The van der Waals surface area contributed by atoms with Gasteiger partial charge >= 0.3 is 142 Å². The van der Waals surface area contributed by atoms with Crippen LogP contribution in [0, 0.1) is 20.8 Å². The summed E-state index contributed by atoms with van der Waals surface area (Å²) in [6.07, 6.45) is 0. The van der Waals surface area contributed by atoms with Crippen molar-refractivity contribution in [3.05, 3.63) is 32.3 Å². The Labute approximate surface area is 141 Å². The van der Waals surface area contributed by atoms with Gasteiger partial charge in [0, 0.05) is 0 Å². The third-order valence-electron chi connectivity index (χ3n) is 3.65. The predicted octanol–water partition coefficient (Wildman–Crippen LogP) is 3.29. The van der Waals surface area contributed by atoms with E-state index >= 15 is 0 Å². The number of rotatable bonds is 1. The molecule has 4 nitrogen and oxygen atoms in total. The van der Waals surface area contributed by atoms with Gasteiger partial charge in [-0.1, -0.05) is 0 Å². The standard InChI is InChI=1S/C14H11NO3S3Se/c1-6-4-5-9(19-6)15-13(16)11-10-7(2)20-8(3)12(10)22-14(11)21(15,17)18/h4-5H,1-3H3. The molecule has 114 valence electrons. The number of hydrogen-bond acceptors (Lipinski definition) is 5. The quantitative estimate of drug-likeness (QED) is 0.572. The first kappa shape index (κ1) is 14.7. The fourth-order valence-electron chi connectivity index (χ4n) is 2.74. The zero-order valence-electron chi connectivity index (χ0n) is 12.0. The Bertz CT molecular complexity index is 1050. The Kier molecular flexibility index (Phi) is 3.03. The second kappa shape index (κ2) is 4.55. The number of nitrogens with zero attached hydrogens (tertiary/aromatic N) is 1. The van der Waals surface area contributed by atoms with Crippen LogP contribution in [0.5, 0.6) is 0 Å². The number of fused-ring (bicyclic) bond motifs is 3. The number of carbonyl (C=O) groups is 1. The van der Waals surface area contributed by atoms with Gasteiger partial charge in [-0.25, -0.2) is 0 Å². The van der Waals surface area contributed by atoms with Gasteiger partial charge in [0.05, 0.1) is 0 Å². The van der Waals surface area contributed by atoms with E-state index in [1.54, 1.807) is 17.4 Å². The molecule has 4 heterocycles. The molecule has 1 aliphatic heterocycles. The molecule has 3 aromatic heterocycles. The number of hydrogen-bond donors (Lipinski definition) is 0. The number of carbonyl (C=O) groups excluding carboxylic acids is 1. The molecule has 0 saturated carbocycles. The van der Waals surface area contributed by atoms with Gasteiger partial charge in [0.1, 0.15) is 0 Å². The van der Waals surface area contributed by atoms with Crippen LogP contribution in [0.1, 0.15) is 25.0 Å². The van der Waals surface area contributed by atoms with Gasteiger partial charge < -0.3 is 0 Å². The molecule has 0 aromatic carbocycles. The molecule has 0 fully saturated rings. The third-order valence-corrected chi connectivity index (χ3v) is 11.7. The van der Waals surface area contributed by atoms with E-state index < -0.39 is 15.9 Å². The van der Waals surface area contributed by atoms with Crippen molar-refractivity contribution in [3.63, 3.8) is 0 Å². The number of aryl methyl sites for hydroxylation is 3. The van der Waals surface area contributed by atoms with Crippen LogP contribution in [0.25, 0.3) is 9.65 Å².